The number of carbonyl (C=O) groups is 1. The molecule has 3 nitrogen and oxygen atoms in total. The van der Waals surface area contributed by atoms with Crippen LogP contribution in [0.2, 0.25) is 0 Å². The first-order valence-corrected chi connectivity index (χ1v) is 5.10. The molecule has 0 radical (unpaired) electrons. The van der Waals surface area contributed by atoms with E-state index in [0.29, 0.717) is 16.9 Å². The van der Waals surface area contributed by atoms with Crippen molar-refractivity contribution in [2.75, 3.05) is 6.61 Å². The summed E-state index contributed by atoms with van der Waals surface area (Å²) in [5, 5.41) is 0. The number of carbonyl (C=O) groups excluding carboxylic acids is 1. The van der Waals surface area contributed by atoms with Gasteiger partial charge in [0.1, 0.15) is 18.1 Å². The number of hydrogen-bond acceptors (Lipinski definition) is 3. The van der Waals surface area contributed by atoms with Crippen molar-refractivity contribution in [1.82, 2.24) is 0 Å². The van der Waals surface area contributed by atoms with Crippen molar-refractivity contribution in [1.29, 1.82) is 0 Å². The monoisotopic (exact) mass is 258 g/mol. The van der Waals surface area contributed by atoms with Crippen LogP contribution in [0.5, 0.6) is 5.75 Å². The van der Waals surface area contributed by atoms with Gasteiger partial charge in [0.2, 0.25) is 0 Å². The van der Waals surface area contributed by atoms with Gasteiger partial charge in [0, 0.05) is 5.57 Å². The standard InChI is InChI=1S/C12H9F3O3/c1-7-6-17-9-5-3-2-4-8(9)10(7)18-11(16)12(13,14)15/h2-5H,6H2,1H3. The quantitative estimate of drug-likeness (QED) is 0.726. The summed E-state index contributed by atoms with van der Waals surface area (Å²) in [6.07, 6.45) is -5.01. The lowest BCUT2D eigenvalue weighted by molar-refractivity contribution is -0.192. The molecule has 0 unspecified atom stereocenters. The maximum atomic E-state index is 12.2. The highest BCUT2D eigenvalue weighted by atomic mass is 19.4. The van der Waals surface area contributed by atoms with E-state index < -0.39 is 12.1 Å². The van der Waals surface area contributed by atoms with Gasteiger partial charge in [0.15, 0.2) is 0 Å². The maximum Gasteiger partial charge on any atom is 0.491 e. The zero-order valence-electron chi connectivity index (χ0n) is 9.38. The van der Waals surface area contributed by atoms with Crippen LogP contribution >= 0.6 is 0 Å². The van der Waals surface area contributed by atoms with Gasteiger partial charge in [-0.1, -0.05) is 12.1 Å². The third-order valence-electron chi connectivity index (χ3n) is 2.39. The number of para-hydroxylation sites is 1. The van der Waals surface area contributed by atoms with Gasteiger partial charge in [0.05, 0.1) is 5.56 Å². The van der Waals surface area contributed by atoms with E-state index in [1.807, 2.05) is 0 Å². The van der Waals surface area contributed by atoms with Gasteiger partial charge in [-0.2, -0.15) is 13.2 Å². The summed E-state index contributed by atoms with van der Waals surface area (Å²) in [4.78, 5) is 10.9. The second-order valence-corrected chi connectivity index (χ2v) is 3.78. The molecule has 18 heavy (non-hydrogen) atoms. The molecule has 1 aromatic carbocycles. The Balaban J connectivity index is 2.34. The van der Waals surface area contributed by atoms with Crippen molar-refractivity contribution in [2.24, 2.45) is 0 Å². The number of rotatable bonds is 1. The SMILES string of the molecule is CC1=C(OC(=O)C(F)(F)F)c2ccccc2OC1. The summed E-state index contributed by atoms with van der Waals surface area (Å²) in [5.41, 5.74) is 0.783. The Hall–Kier alpha value is -1.98. The van der Waals surface area contributed by atoms with Gasteiger partial charge in [-0.25, -0.2) is 4.79 Å². The molecule has 0 fully saturated rings. The summed E-state index contributed by atoms with van der Waals surface area (Å²) >= 11 is 0. The van der Waals surface area contributed by atoms with Crippen LogP contribution in [0.3, 0.4) is 0 Å². The molecule has 2 rings (SSSR count). The molecule has 0 bridgehead atoms. The predicted molar refractivity (Wildman–Crippen MR) is 56.7 cm³/mol. The fraction of sp³-hybridized carbons (Fsp3) is 0.250. The highest BCUT2D eigenvalue weighted by molar-refractivity contribution is 5.84. The Morgan fingerprint density at radius 3 is 2.67 bits per heavy atom. The Morgan fingerprint density at radius 2 is 2.00 bits per heavy atom. The van der Waals surface area contributed by atoms with Gasteiger partial charge in [-0.3, -0.25) is 0 Å². The number of halogens is 3. The molecule has 0 atom stereocenters. The summed E-state index contributed by atoms with van der Waals surface area (Å²) in [6.45, 7) is 1.65. The number of hydrogen-bond donors (Lipinski definition) is 0. The van der Waals surface area contributed by atoms with Crippen LogP contribution in [0.15, 0.2) is 29.8 Å². The molecule has 0 aromatic heterocycles. The van der Waals surface area contributed by atoms with E-state index in [4.69, 9.17) is 4.74 Å². The van der Waals surface area contributed by atoms with Gasteiger partial charge in [0.25, 0.3) is 0 Å². The first kappa shape index (κ1) is 12.5. The van der Waals surface area contributed by atoms with Gasteiger partial charge >= 0.3 is 12.1 Å². The second kappa shape index (κ2) is 4.36. The van der Waals surface area contributed by atoms with Crippen molar-refractivity contribution in [3.8, 4) is 5.75 Å². The first-order valence-electron chi connectivity index (χ1n) is 5.10. The Kier molecular flexibility index (Phi) is 3.02. The lowest BCUT2D eigenvalue weighted by Gasteiger charge is -2.21. The molecule has 1 aromatic rings. The average molecular weight is 258 g/mol. The Morgan fingerprint density at radius 1 is 1.33 bits per heavy atom. The van der Waals surface area contributed by atoms with Crippen molar-refractivity contribution >= 4 is 11.7 Å². The molecular weight excluding hydrogens is 249 g/mol. The minimum absolute atomic E-state index is 0.0841. The van der Waals surface area contributed by atoms with Crippen molar-refractivity contribution in [3.63, 3.8) is 0 Å². The smallest absolute Gasteiger partial charge is 0.488 e. The summed E-state index contributed by atoms with van der Waals surface area (Å²) in [6, 6.07) is 6.45. The molecular formula is C12H9F3O3. The normalized spacial score (nSPS) is 14.9. The van der Waals surface area contributed by atoms with Crippen LogP contribution in [0.25, 0.3) is 5.76 Å². The molecule has 1 heterocycles. The zero-order valence-corrected chi connectivity index (χ0v) is 9.38. The van der Waals surface area contributed by atoms with E-state index in [0.717, 1.165) is 0 Å². The number of fused-ring (bicyclic) bond motifs is 1. The summed E-state index contributed by atoms with van der Waals surface area (Å²) < 4.78 is 46.3. The molecule has 1 aliphatic rings. The zero-order chi connectivity index (χ0) is 13.3. The Bertz CT molecular complexity index is 518. The van der Waals surface area contributed by atoms with E-state index in [-0.39, 0.29) is 12.4 Å². The average Bonchev–Trinajstić information content (AvgIpc) is 2.31. The topological polar surface area (TPSA) is 35.5 Å². The van der Waals surface area contributed by atoms with E-state index in [2.05, 4.69) is 4.74 Å². The Labute approximate surface area is 101 Å². The minimum Gasteiger partial charge on any atom is -0.488 e. The molecule has 0 aliphatic carbocycles. The number of ether oxygens (including phenoxy) is 2. The van der Waals surface area contributed by atoms with Gasteiger partial charge in [-0.15, -0.1) is 0 Å². The second-order valence-electron chi connectivity index (χ2n) is 3.78. The van der Waals surface area contributed by atoms with Gasteiger partial charge in [-0.05, 0) is 19.1 Å². The van der Waals surface area contributed by atoms with Gasteiger partial charge < -0.3 is 9.47 Å². The van der Waals surface area contributed by atoms with Crippen LogP contribution in [0.1, 0.15) is 12.5 Å². The first-order chi connectivity index (χ1) is 8.39. The van der Waals surface area contributed by atoms with Crippen LogP contribution < -0.4 is 4.74 Å². The summed E-state index contributed by atoms with van der Waals surface area (Å²) in [7, 11) is 0. The van der Waals surface area contributed by atoms with Crippen LogP contribution in [-0.4, -0.2) is 18.8 Å². The maximum absolute atomic E-state index is 12.2. The van der Waals surface area contributed by atoms with E-state index >= 15 is 0 Å². The molecule has 0 saturated carbocycles. The lowest BCUT2D eigenvalue weighted by atomic mass is 10.1. The number of esters is 1. The third kappa shape index (κ3) is 2.32. The molecule has 0 amide bonds. The molecule has 0 N–H and O–H groups in total. The molecule has 6 heteroatoms. The molecule has 0 saturated heterocycles. The van der Waals surface area contributed by atoms with Crippen LogP contribution in [0.4, 0.5) is 13.2 Å². The molecule has 96 valence electrons. The highest BCUT2D eigenvalue weighted by Gasteiger charge is 2.42. The highest BCUT2D eigenvalue weighted by Crippen LogP contribution is 2.34. The van der Waals surface area contributed by atoms with Crippen LogP contribution in [-0.2, 0) is 9.53 Å². The van der Waals surface area contributed by atoms with E-state index in [1.165, 1.54) is 6.07 Å². The van der Waals surface area contributed by atoms with Crippen molar-refractivity contribution in [2.45, 2.75) is 13.1 Å². The molecule has 0 spiro atoms. The third-order valence-corrected chi connectivity index (χ3v) is 2.39. The predicted octanol–water partition coefficient (Wildman–Crippen LogP) is 2.92. The number of alkyl halides is 3. The lowest BCUT2D eigenvalue weighted by Crippen LogP contribution is -2.26. The summed E-state index contributed by atoms with van der Waals surface area (Å²) in [5.74, 6) is -1.92. The largest absolute Gasteiger partial charge is 0.491 e. The van der Waals surface area contributed by atoms with E-state index in [1.54, 1.807) is 25.1 Å². The number of benzene rings is 1. The van der Waals surface area contributed by atoms with Crippen molar-refractivity contribution < 1.29 is 27.4 Å². The minimum atomic E-state index is -5.01. The fourth-order valence-corrected chi connectivity index (χ4v) is 1.55. The van der Waals surface area contributed by atoms with E-state index in [9.17, 15) is 18.0 Å². The molecule has 1 aliphatic heterocycles. The fourth-order valence-electron chi connectivity index (χ4n) is 1.55. The van der Waals surface area contributed by atoms with Crippen molar-refractivity contribution in [3.05, 3.63) is 35.4 Å². The van der Waals surface area contributed by atoms with Crippen LogP contribution in [0, 0.1) is 0 Å².